The summed E-state index contributed by atoms with van der Waals surface area (Å²) in [6.07, 6.45) is -4.63. The van der Waals surface area contributed by atoms with Crippen LogP contribution in [-0.4, -0.2) is 51.6 Å². The van der Waals surface area contributed by atoms with Gasteiger partial charge < -0.3 is 30.3 Å². The number of aliphatic hydroxyl groups excluding tert-OH is 4. The number of hydrogen-bond donors (Lipinski definition) is 4. The fraction of sp³-hybridized carbons (Fsp3) is 0.625. The second-order valence-corrected chi connectivity index (χ2v) is 2.57. The van der Waals surface area contributed by atoms with E-state index in [1.807, 2.05) is 0 Å². The smallest absolute Gasteiger partial charge is 0.151 e. The van der Waals surface area contributed by atoms with E-state index in [4.69, 9.17) is 20.4 Å². The van der Waals surface area contributed by atoms with Gasteiger partial charge in [0.05, 0.1) is 6.61 Å². The lowest BCUT2D eigenvalue weighted by Gasteiger charge is -2.16. The maximum absolute atomic E-state index is 9.76. The van der Waals surface area contributed by atoms with Gasteiger partial charge in [0.15, 0.2) is 6.29 Å². The zero-order chi connectivity index (χ0) is 11.7. The van der Waals surface area contributed by atoms with Crippen molar-refractivity contribution in [2.24, 2.45) is 0 Å². The van der Waals surface area contributed by atoms with E-state index >= 15 is 0 Å². The molecule has 84 valence electrons. The molecule has 0 bridgehead atoms. The lowest BCUT2D eigenvalue weighted by molar-refractivity contribution is -0.300. The van der Waals surface area contributed by atoms with Gasteiger partial charge in [-0.25, -0.2) is 0 Å². The van der Waals surface area contributed by atoms with Crippen LogP contribution in [0.25, 0.3) is 0 Å². The van der Waals surface area contributed by atoms with Crippen LogP contribution in [0.2, 0.25) is 0 Å². The van der Waals surface area contributed by atoms with Crippen molar-refractivity contribution in [3.63, 3.8) is 0 Å². The maximum Gasteiger partial charge on any atom is 0.151 e. The van der Waals surface area contributed by atoms with Crippen molar-refractivity contribution in [1.82, 2.24) is 0 Å². The Balaban J connectivity index is 0. The van der Waals surface area contributed by atoms with Gasteiger partial charge in [-0.05, 0) is 0 Å². The van der Waals surface area contributed by atoms with Crippen molar-refractivity contribution >= 4 is 6.29 Å². The Bertz CT molecular complexity index is 165. The lowest BCUT2D eigenvalue weighted by Crippen LogP contribution is -2.40. The molecular formula is C8H15O6-. The SMILES string of the molecule is C=C(C)[O-].O=C[C@H](O)[C@@H](O)[C@H](O)CO. The minimum atomic E-state index is -1.64. The molecule has 0 radical (unpaired) electrons. The largest absolute Gasteiger partial charge is 0.876 e. The molecule has 0 amide bonds. The summed E-state index contributed by atoms with van der Waals surface area (Å²) >= 11 is 0. The molecule has 0 unspecified atom stereocenters. The highest BCUT2D eigenvalue weighted by atomic mass is 16.4. The molecule has 14 heavy (non-hydrogen) atoms. The summed E-state index contributed by atoms with van der Waals surface area (Å²) in [6.45, 7) is 3.73. The molecule has 0 aromatic rings. The summed E-state index contributed by atoms with van der Waals surface area (Å²) in [5.41, 5.74) is 0. The van der Waals surface area contributed by atoms with E-state index in [1.54, 1.807) is 0 Å². The average Bonchev–Trinajstić information content (AvgIpc) is 2.13. The standard InChI is InChI=1S/C5H10O5.C3H6O/c6-1-3(8)5(10)4(9)2-7;1-3(2)4/h1,3-5,7-10H,2H2;4H,1H2,2H3/p-1/t3-,4+,5+;/m0./s1. The third-order valence-electron chi connectivity index (χ3n) is 1.07. The zero-order valence-corrected chi connectivity index (χ0v) is 7.83. The molecule has 0 aliphatic carbocycles. The maximum atomic E-state index is 9.76. The predicted octanol–water partition coefficient (Wildman–Crippen LogP) is -2.86. The lowest BCUT2D eigenvalue weighted by atomic mass is 10.1. The predicted molar refractivity (Wildman–Crippen MR) is 46.0 cm³/mol. The number of aliphatic hydroxyl groups is 4. The molecule has 0 aromatic carbocycles. The van der Waals surface area contributed by atoms with Crippen LogP contribution in [0.15, 0.2) is 12.3 Å². The molecule has 6 nitrogen and oxygen atoms in total. The first-order valence-electron chi connectivity index (χ1n) is 3.79. The average molecular weight is 207 g/mol. The van der Waals surface area contributed by atoms with Gasteiger partial charge in [0.2, 0.25) is 0 Å². The Labute approximate surface area is 81.7 Å². The first kappa shape index (κ1) is 15.5. The summed E-state index contributed by atoms with van der Waals surface area (Å²) in [6, 6.07) is 0. The molecule has 6 heteroatoms. The molecule has 3 atom stereocenters. The van der Waals surface area contributed by atoms with Gasteiger partial charge in [0, 0.05) is 0 Å². The highest BCUT2D eigenvalue weighted by Gasteiger charge is 2.22. The number of rotatable bonds is 4. The van der Waals surface area contributed by atoms with Crippen LogP contribution in [0.3, 0.4) is 0 Å². The van der Waals surface area contributed by atoms with Gasteiger partial charge in [-0.2, -0.15) is 0 Å². The number of hydrogen-bond acceptors (Lipinski definition) is 6. The van der Waals surface area contributed by atoms with Crippen molar-refractivity contribution < 1.29 is 30.3 Å². The summed E-state index contributed by atoms with van der Waals surface area (Å²) in [7, 11) is 0. The number of carbonyl (C=O) groups excluding carboxylic acids is 1. The van der Waals surface area contributed by atoms with Gasteiger partial charge in [-0.15, -0.1) is 12.3 Å². The van der Waals surface area contributed by atoms with E-state index in [-0.39, 0.29) is 12.0 Å². The first-order valence-corrected chi connectivity index (χ1v) is 3.79. The van der Waals surface area contributed by atoms with Gasteiger partial charge in [-0.1, -0.05) is 6.92 Å². The van der Waals surface area contributed by atoms with Gasteiger partial charge >= 0.3 is 0 Å². The Morgan fingerprint density at radius 1 is 1.50 bits per heavy atom. The molecule has 0 heterocycles. The van der Waals surface area contributed by atoms with Gasteiger partial charge in [0.1, 0.15) is 18.3 Å². The molecule has 0 aliphatic heterocycles. The summed E-state index contributed by atoms with van der Waals surface area (Å²) < 4.78 is 0. The van der Waals surface area contributed by atoms with Crippen molar-refractivity contribution in [1.29, 1.82) is 0 Å². The van der Waals surface area contributed by atoms with Crippen LogP contribution in [-0.2, 0) is 4.79 Å². The molecule has 0 aromatic heterocycles. The summed E-state index contributed by atoms with van der Waals surface area (Å²) in [5.74, 6) is -0.0833. The highest BCUT2D eigenvalue weighted by Crippen LogP contribution is 1.96. The van der Waals surface area contributed by atoms with E-state index in [0.717, 1.165) is 0 Å². The molecule has 0 spiro atoms. The Kier molecular flexibility index (Phi) is 9.58. The van der Waals surface area contributed by atoms with Gasteiger partial charge in [-0.3, -0.25) is 0 Å². The minimum Gasteiger partial charge on any atom is -0.876 e. The quantitative estimate of drug-likeness (QED) is 0.290. The molecule has 0 rings (SSSR count). The number of allylic oxidation sites excluding steroid dienone is 1. The van der Waals surface area contributed by atoms with E-state index in [9.17, 15) is 9.90 Å². The molecule has 0 fully saturated rings. The van der Waals surface area contributed by atoms with E-state index in [1.165, 1.54) is 6.92 Å². The van der Waals surface area contributed by atoms with Crippen LogP contribution in [0.1, 0.15) is 6.92 Å². The van der Waals surface area contributed by atoms with Crippen LogP contribution in [0, 0.1) is 0 Å². The highest BCUT2D eigenvalue weighted by molar-refractivity contribution is 5.56. The van der Waals surface area contributed by atoms with Crippen LogP contribution >= 0.6 is 0 Å². The third-order valence-corrected chi connectivity index (χ3v) is 1.07. The van der Waals surface area contributed by atoms with E-state index in [0.29, 0.717) is 0 Å². The Morgan fingerprint density at radius 2 is 1.86 bits per heavy atom. The van der Waals surface area contributed by atoms with Crippen LogP contribution in [0.4, 0.5) is 0 Å². The fourth-order valence-corrected chi connectivity index (χ4v) is 0.416. The first-order chi connectivity index (χ1) is 6.36. The van der Waals surface area contributed by atoms with Crippen molar-refractivity contribution in [2.75, 3.05) is 6.61 Å². The number of aldehydes is 1. The Hall–Kier alpha value is -0.950. The molecule has 0 saturated heterocycles. The molecule has 4 N–H and O–H groups in total. The topological polar surface area (TPSA) is 121 Å². The second-order valence-electron chi connectivity index (χ2n) is 2.57. The molecular weight excluding hydrogens is 192 g/mol. The number of carbonyl (C=O) groups is 1. The van der Waals surface area contributed by atoms with E-state index in [2.05, 4.69) is 6.58 Å². The molecule has 0 saturated carbocycles. The monoisotopic (exact) mass is 207 g/mol. The van der Waals surface area contributed by atoms with Crippen molar-refractivity contribution in [2.45, 2.75) is 25.2 Å². The van der Waals surface area contributed by atoms with Gasteiger partial charge in [0.25, 0.3) is 0 Å². The zero-order valence-electron chi connectivity index (χ0n) is 7.83. The second kappa shape index (κ2) is 8.64. The normalized spacial score (nSPS) is 15.8. The Morgan fingerprint density at radius 3 is 2.07 bits per heavy atom. The van der Waals surface area contributed by atoms with Crippen molar-refractivity contribution in [3.8, 4) is 0 Å². The molecule has 0 aliphatic rings. The van der Waals surface area contributed by atoms with Crippen LogP contribution in [0.5, 0.6) is 0 Å². The van der Waals surface area contributed by atoms with E-state index < -0.39 is 24.9 Å². The minimum absolute atomic E-state index is 0.0833. The summed E-state index contributed by atoms with van der Waals surface area (Å²) in [5, 5.41) is 43.4. The fourth-order valence-electron chi connectivity index (χ4n) is 0.416. The third kappa shape index (κ3) is 9.14. The summed E-state index contributed by atoms with van der Waals surface area (Å²) in [4.78, 5) is 9.76. The van der Waals surface area contributed by atoms with Crippen LogP contribution < -0.4 is 5.11 Å². The van der Waals surface area contributed by atoms with Crippen molar-refractivity contribution in [3.05, 3.63) is 12.3 Å².